The third-order valence-corrected chi connectivity index (χ3v) is 4.34. The van der Waals surface area contributed by atoms with E-state index in [0.29, 0.717) is 14.5 Å². The number of hydrogen-bond donors (Lipinski definition) is 1. The van der Waals surface area contributed by atoms with E-state index in [1.165, 1.54) is 17.8 Å². The molecule has 2 aromatic heterocycles. The summed E-state index contributed by atoms with van der Waals surface area (Å²) in [5.41, 5.74) is 0.145. The van der Waals surface area contributed by atoms with Crippen molar-refractivity contribution in [3.05, 3.63) is 45.1 Å². The molecule has 0 aromatic carbocycles. The van der Waals surface area contributed by atoms with Crippen LogP contribution in [0.3, 0.4) is 0 Å². The molecular formula is C11H6Br2N2O2S. The van der Waals surface area contributed by atoms with Gasteiger partial charge in [-0.25, -0.2) is 14.8 Å². The highest BCUT2D eigenvalue weighted by Crippen LogP contribution is 2.33. The monoisotopic (exact) mass is 388 g/mol. The lowest BCUT2D eigenvalue weighted by Crippen LogP contribution is -2.01. The zero-order valence-electron chi connectivity index (χ0n) is 8.80. The molecule has 0 amide bonds. The van der Waals surface area contributed by atoms with Crippen molar-refractivity contribution in [2.24, 2.45) is 0 Å². The molecule has 0 aliphatic heterocycles. The van der Waals surface area contributed by atoms with E-state index in [2.05, 4.69) is 41.8 Å². The van der Waals surface area contributed by atoms with Crippen molar-refractivity contribution in [2.45, 2.75) is 10.1 Å². The minimum Gasteiger partial charge on any atom is -0.478 e. The van der Waals surface area contributed by atoms with Gasteiger partial charge in [-0.1, -0.05) is 0 Å². The number of carbonyl (C=O) groups is 1. The van der Waals surface area contributed by atoms with Gasteiger partial charge in [-0.05, 0) is 61.8 Å². The SMILES string of the molecule is O=C(O)c1cc(Br)cnc1Sc1ncccc1Br. The molecule has 1 N–H and O–H groups in total. The van der Waals surface area contributed by atoms with Gasteiger partial charge in [-0.15, -0.1) is 0 Å². The molecule has 0 aliphatic rings. The van der Waals surface area contributed by atoms with Gasteiger partial charge < -0.3 is 5.11 Å². The van der Waals surface area contributed by atoms with Crippen molar-refractivity contribution in [1.29, 1.82) is 0 Å². The Bertz CT molecular complexity index is 607. The van der Waals surface area contributed by atoms with Crippen LogP contribution in [-0.4, -0.2) is 21.0 Å². The van der Waals surface area contributed by atoms with E-state index in [1.807, 2.05) is 6.07 Å². The summed E-state index contributed by atoms with van der Waals surface area (Å²) < 4.78 is 1.43. The fraction of sp³-hybridized carbons (Fsp3) is 0. The first-order valence-electron chi connectivity index (χ1n) is 4.75. The highest BCUT2D eigenvalue weighted by molar-refractivity contribution is 9.10. The molecule has 2 heterocycles. The van der Waals surface area contributed by atoms with E-state index < -0.39 is 5.97 Å². The lowest BCUT2D eigenvalue weighted by molar-refractivity contribution is 0.0692. The average Bonchev–Trinajstić information content (AvgIpc) is 2.34. The Kier molecular flexibility index (Phi) is 4.36. The molecule has 0 radical (unpaired) electrons. The molecule has 7 heteroatoms. The van der Waals surface area contributed by atoms with Gasteiger partial charge in [0, 0.05) is 16.9 Å². The maximum absolute atomic E-state index is 11.1. The maximum Gasteiger partial charge on any atom is 0.338 e. The Labute approximate surface area is 124 Å². The van der Waals surface area contributed by atoms with Gasteiger partial charge in [-0.2, -0.15) is 0 Å². The van der Waals surface area contributed by atoms with Gasteiger partial charge in [0.15, 0.2) is 0 Å². The topological polar surface area (TPSA) is 63.1 Å². The number of pyridine rings is 2. The summed E-state index contributed by atoms with van der Waals surface area (Å²) >= 11 is 7.77. The quantitative estimate of drug-likeness (QED) is 0.863. The van der Waals surface area contributed by atoms with Crippen LogP contribution in [0.1, 0.15) is 10.4 Å². The Morgan fingerprint density at radius 1 is 1.28 bits per heavy atom. The van der Waals surface area contributed by atoms with Crippen LogP contribution in [0.15, 0.2) is 49.6 Å². The first kappa shape index (κ1) is 13.5. The van der Waals surface area contributed by atoms with Crippen LogP contribution in [0.5, 0.6) is 0 Å². The van der Waals surface area contributed by atoms with Crippen molar-refractivity contribution in [3.63, 3.8) is 0 Å². The van der Waals surface area contributed by atoms with Crippen molar-refractivity contribution in [1.82, 2.24) is 9.97 Å². The minimum absolute atomic E-state index is 0.145. The number of carboxylic acid groups (broad SMARTS) is 1. The van der Waals surface area contributed by atoms with Gasteiger partial charge in [0.2, 0.25) is 0 Å². The van der Waals surface area contributed by atoms with Crippen molar-refractivity contribution < 1.29 is 9.90 Å². The van der Waals surface area contributed by atoms with Crippen molar-refractivity contribution in [3.8, 4) is 0 Å². The standard InChI is InChI=1S/C11H6Br2N2O2S/c12-6-4-7(11(16)17)9(15-5-6)18-10-8(13)2-1-3-14-10/h1-5H,(H,16,17). The fourth-order valence-corrected chi connectivity index (χ4v) is 2.85. The van der Waals surface area contributed by atoms with E-state index in [4.69, 9.17) is 5.11 Å². The number of hydrogen-bond acceptors (Lipinski definition) is 4. The molecule has 0 atom stereocenters. The zero-order chi connectivity index (χ0) is 13.1. The minimum atomic E-state index is -1.02. The summed E-state index contributed by atoms with van der Waals surface area (Å²) in [6.07, 6.45) is 3.21. The molecule has 0 aliphatic carbocycles. The maximum atomic E-state index is 11.1. The van der Waals surface area contributed by atoms with E-state index in [0.717, 1.165) is 4.47 Å². The lowest BCUT2D eigenvalue weighted by Gasteiger charge is -2.05. The van der Waals surface area contributed by atoms with Crippen LogP contribution in [-0.2, 0) is 0 Å². The number of carboxylic acids is 1. The summed E-state index contributed by atoms with van der Waals surface area (Å²) in [5.74, 6) is -1.02. The van der Waals surface area contributed by atoms with Crippen LogP contribution < -0.4 is 0 Å². The first-order chi connectivity index (χ1) is 8.58. The van der Waals surface area contributed by atoms with Crippen LogP contribution in [0.4, 0.5) is 0 Å². The second kappa shape index (κ2) is 5.81. The molecule has 0 unspecified atom stereocenters. The highest BCUT2D eigenvalue weighted by Gasteiger charge is 2.15. The Morgan fingerprint density at radius 3 is 2.72 bits per heavy atom. The normalized spacial score (nSPS) is 10.3. The Balaban J connectivity index is 2.41. The van der Waals surface area contributed by atoms with Crippen LogP contribution in [0.25, 0.3) is 0 Å². The largest absolute Gasteiger partial charge is 0.478 e. The van der Waals surface area contributed by atoms with Gasteiger partial charge in [0.1, 0.15) is 10.1 Å². The predicted molar refractivity (Wildman–Crippen MR) is 75.0 cm³/mol. The molecule has 18 heavy (non-hydrogen) atoms. The van der Waals surface area contributed by atoms with Crippen LogP contribution in [0, 0.1) is 0 Å². The third kappa shape index (κ3) is 3.09. The number of aromatic nitrogens is 2. The Hall–Kier alpha value is -0.920. The molecule has 4 nitrogen and oxygen atoms in total. The number of halogens is 2. The summed E-state index contributed by atoms with van der Waals surface area (Å²) in [6.45, 7) is 0. The summed E-state index contributed by atoms with van der Waals surface area (Å²) in [7, 11) is 0. The highest BCUT2D eigenvalue weighted by atomic mass is 79.9. The molecule has 0 bridgehead atoms. The van der Waals surface area contributed by atoms with Gasteiger partial charge in [0.25, 0.3) is 0 Å². The fourth-order valence-electron chi connectivity index (χ4n) is 1.20. The van der Waals surface area contributed by atoms with Gasteiger partial charge >= 0.3 is 5.97 Å². The van der Waals surface area contributed by atoms with Crippen molar-refractivity contribution in [2.75, 3.05) is 0 Å². The molecule has 2 rings (SSSR count). The van der Waals surface area contributed by atoms with E-state index in [1.54, 1.807) is 18.5 Å². The predicted octanol–water partition coefficient (Wildman–Crippen LogP) is 3.85. The number of nitrogens with zero attached hydrogens (tertiary/aromatic N) is 2. The van der Waals surface area contributed by atoms with Crippen LogP contribution in [0.2, 0.25) is 0 Å². The Morgan fingerprint density at radius 2 is 2.06 bits per heavy atom. The van der Waals surface area contributed by atoms with E-state index in [9.17, 15) is 4.79 Å². The smallest absolute Gasteiger partial charge is 0.338 e. The summed E-state index contributed by atoms with van der Waals surface area (Å²) in [5, 5.41) is 10.2. The number of rotatable bonds is 3. The molecule has 0 spiro atoms. The first-order valence-corrected chi connectivity index (χ1v) is 7.15. The second-order valence-corrected chi connectivity index (χ2v) is 5.95. The van der Waals surface area contributed by atoms with Gasteiger partial charge in [0.05, 0.1) is 10.0 Å². The van der Waals surface area contributed by atoms with E-state index in [-0.39, 0.29) is 5.56 Å². The average molecular weight is 390 g/mol. The summed E-state index contributed by atoms with van der Waals surface area (Å²) in [6, 6.07) is 5.16. The molecule has 2 aromatic rings. The van der Waals surface area contributed by atoms with Crippen molar-refractivity contribution >= 4 is 49.6 Å². The molecule has 92 valence electrons. The third-order valence-electron chi connectivity index (χ3n) is 1.97. The van der Waals surface area contributed by atoms with Gasteiger partial charge in [-0.3, -0.25) is 0 Å². The molecule has 0 fully saturated rings. The molecular weight excluding hydrogens is 384 g/mol. The zero-order valence-corrected chi connectivity index (χ0v) is 12.8. The summed E-state index contributed by atoms with van der Waals surface area (Å²) in [4.78, 5) is 19.4. The lowest BCUT2D eigenvalue weighted by atomic mass is 10.3. The molecule has 0 saturated heterocycles. The van der Waals surface area contributed by atoms with Crippen LogP contribution >= 0.6 is 43.6 Å². The van der Waals surface area contributed by atoms with E-state index >= 15 is 0 Å². The number of aromatic carboxylic acids is 1. The molecule has 0 saturated carbocycles. The second-order valence-electron chi connectivity index (χ2n) is 3.20.